The maximum atomic E-state index is 11.8. The van der Waals surface area contributed by atoms with E-state index in [9.17, 15) is 4.79 Å². The van der Waals surface area contributed by atoms with Crippen molar-refractivity contribution in [2.24, 2.45) is 11.1 Å². The Morgan fingerprint density at radius 3 is 2.32 bits per heavy atom. The molecule has 0 bridgehead atoms. The largest absolute Gasteiger partial charge is 0.497 e. The quantitative estimate of drug-likeness (QED) is 0.825. The van der Waals surface area contributed by atoms with Gasteiger partial charge in [-0.2, -0.15) is 0 Å². The topological polar surface area (TPSA) is 70.8 Å². The summed E-state index contributed by atoms with van der Waals surface area (Å²) in [5, 5.41) is 0. The van der Waals surface area contributed by atoms with Gasteiger partial charge in [0.2, 0.25) is 0 Å². The minimum Gasteiger partial charge on any atom is -0.497 e. The minimum absolute atomic E-state index is 0.363. The fraction of sp³-hybridized carbons (Fsp3) is 0.500. The standard InChI is InChI=1S/C14H21NO4/c1-14(2,13(16)19-5)12(15)10-7-6-9(17-3)8-11(10)18-4/h6-8,12H,15H2,1-5H3. The molecule has 19 heavy (non-hydrogen) atoms. The molecule has 0 heterocycles. The van der Waals surface area contributed by atoms with Crippen LogP contribution in [0.2, 0.25) is 0 Å². The number of carbonyl (C=O) groups excluding carboxylic acids is 1. The van der Waals surface area contributed by atoms with E-state index in [0.717, 1.165) is 5.56 Å². The van der Waals surface area contributed by atoms with Crippen LogP contribution < -0.4 is 15.2 Å². The minimum atomic E-state index is -0.851. The van der Waals surface area contributed by atoms with Crippen LogP contribution in [0.1, 0.15) is 25.5 Å². The van der Waals surface area contributed by atoms with E-state index >= 15 is 0 Å². The van der Waals surface area contributed by atoms with Gasteiger partial charge >= 0.3 is 5.97 Å². The predicted molar refractivity (Wildman–Crippen MR) is 72.3 cm³/mol. The Balaban J connectivity index is 3.18. The first-order valence-corrected chi connectivity index (χ1v) is 5.94. The summed E-state index contributed by atoms with van der Waals surface area (Å²) in [5.41, 5.74) is 6.08. The number of rotatable bonds is 5. The second-order valence-electron chi connectivity index (χ2n) is 4.80. The van der Waals surface area contributed by atoms with E-state index in [0.29, 0.717) is 11.5 Å². The molecule has 0 saturated heterocycles. The van der Waals surface area contributed by atoms with E-state index in [1.54, 1.807) is 46.3 Å². The summed E-state index contributed by atoms with van der Waals surface area (Å²) in [6.45, 7) is 3.49. The molecule has 1 atom stereocenters. The van der Waals surface area contributed by atoms with Gasteiger partial charge in [-0.25, -0.2) is 0 Å². The maximum Gasteiger partial charge on any atom is 0.313 e. The molecule has 0 fully saturated rings. The molecule has 0 aliphatic heterocycles. The van der Waals surface area contributed by atoms with Crippen molar-refractivity contribution in [3.05, 3.63) is 23.8 Å². The Morgan fingerprint density at radius 2 is 1.84 bits per heavy atom. The molecule has 1 aromatic rings. The van der Waals surface area contributed by atoms with Gasteiger partial charge in [0, 0.05) is 17.7 Å². The van der Waals surface area contributed by atoms with Crippen LogP contribution in [0, 0.1) is 5.41 Å². The maximum absolute atomic E-state index is 11.8. The number of carbonyl (C=O) groups is 1. The molecule has 0 aliphatic rings. The third-order valence-corrected chi connectivity index (χ3v) is 3.26. The molecule has 0 aliphatic carbocycles. The smallest absolute Gasteiger partial charge is 0.313 e. The van der Waals surface area contributed by atoms with Gasteiger partial charge in [-0.05, 0) is 19.9 Å². The lowest BCUT2D eigenvalue weighted by Gasteiger charge is -2.30. The summed E-state index contributed by atoms with van der Waals surface area (Å²) in [6, 6.07) is 4.78. The van der Waals surface area contributed by atoms with Gasteiger partial charge in [0.25, 0.3) is 0 Å². The van der Waals surface area contributed by atoms with Gasteiger partial charge in [0.1, 0.15) is 11.5 Å². The number of methoxy groups -OCH3 is 3. The van der Waals surface area contributed by atoms with Crippen molar-refractivity contribution in [2.75, 3.05) is 21.3 Å². The first kappa shape index (κ1) is 15.3. The molecule has 0 spiro atoms. The number of hydrogen-bond donors (Lipinski definition) is 1. The van der Waals surface area contributed by atoms with Gasteiger partial charge in [-0.15, -0.1) is 0 Å². The van der Waals surface area contributed by atoms with Gasteiger partial charge < -0.3 is 19.9 Å². The number of ether oxygens (including phenoxy) is 3. The first-order valence-electron chi connectivity index (χ1n) is 5.94. The van der Waals surface area contributed by atoms with Crippen molar-refractivity contribution >= 4 is 5.97 Å². The Bertz CT molecular complexity index is 457. The first-order chi connectivity index (χ1) is 8.88. The molecule has 2 N–H and O–H groups in total. The van der Waals surface area contributed by atoms with Crippen molar-refractivity contribution in [3.8, 4) is 11.5 Å². The van der Waals surface area contributed by atoms with Crippen LogP contribution in [0.25, 0.3) is 0 Å². The normalized spacial score (nSPS) is 12.7. The molecule has 0 saturated carbocycles. The third-order valence-electron chi connectivity index (χ3n) is 3.26. The number of esters is 1. The Labute approximate surface area is 113 Å². The van der Waals surface area contributed by atoms with Gasteiger partial charge in [0.15, 0.2) is 0 Å². The molecule has 0 aromatic heterocycles. The Kier molecular flexibility index (Phi) is 4.78. The SMILES string of the molecule is COC(=O)C(C)(C)C(N)c1ccc(OC)cc1OC. The fourth-order valence-electron chi connectivity index (χ4n) is 1.85. The predicted octanol–water partition coefficient (Wildman–Crippen LogP) is 1.90. The Hall–Kier alpha value is -1.75. The molecule has 1 aromatic carbocycles. The summed E-state index contributed by atoms with van der Waals surface area (Å²) in [4.78, 5) is 11.8. The summed E-state index contributed by atoms with van der Waals surface area (Å²) in [5.74, 6) is 0.894. The van der Waals surface area contributed by atoms with Crippen molar-refractivity contribution < 1.29 is 19.0 Å². The van der Waals surface area contributed by atoms with Gasteiger partial charge in [0.05, 0.1) is 26.7 Å². The lowest BCUT2D eigenvalue weighted by Crippen LogP contribution is -2.37. The molecule has 1 unspecified atom stereocenters. The van der Waals surface area contributed by atoms with Gasteiger partial charge in [-0.1, -0.05) is 6.07 Å². The van der Waals surface area contributed by atoms with Crippen LogP contribution in [0.5, 0.6) is 11.5 Å². The lowest BCUT2D eigenvalue weighted by molar-refractivity contribution is -0.152. The number of hydrogen-bond acceptors (Lipinski definition) is 5. The lowest BCUT2D eigenvalue weighted by atomic mass is 9.80. The average Bonchev–Trinajstić information content (AvgIpc) is 2.44. The third kappa shape index (κ3) is 2.98. The van der Waals surface area contributed by atoms with Crippen LogP contribution in [0.4, 0.5) is 0 Å². The molecule has 1 rings (SSSR count). The van der Waals surface area contributed by atoms with Crippen LogP contribution in [0.15, 0.2) is 18.2 Å². The molecule has 106 valence electrons. The highest BCUT2D eigenvalue weighted by Crippen LogP contribution is 2.38. The zero-order valence-electron chi connectivity index (χ0n) is 12.0. The monoisotopic (exact) mass is 267 g/mol. The molecule has 5 nitrogen and oxygen atoms in total. The summed E-state index contributed by atoms with van der Waals surface area (Å²) in [7, 11) is 4.48. The fourth-order valence-corrected chi connectivity index (χ4v) is 1.85. The average molecular weight is 267 g/mol. The van der Waals surface area contributed by atoms with Crippen molar-refractivity contribution in [2.45, 2.75) is 19.9 Å². The second-order valence-corrected chi connectivity index (χ2v) is 4.80. The molecular formula is C14H21NO4. The highest BCUT2D eigenvalue weighted by Gasteiger charge is 2.38. The molecule has 5 heteroatoms. The van der Waals surface area contributed by atoms with Crippen LogP contribution >= 0.6 is 0 Å². The van der Waals surface area contributed by atoms with Crippen molar-refractivity contribution in [3.63, 3.8) is 0 Å². The summed E-state index contributed by atoms with van der Waals surface area (Å²) >= 11 is 0. The zero-order valence-corrected chi connectivity index (χ0v) is 12.0. The van der Waals surface area contributed by atoms with E-state index < -0.39 is 11.5 Å². The van der Waals surface area contributed by atoms with E-state index in [-0.39, 0.29) is 5.97 Å². The Morgan fingerprint density at radius 1 is 1.21 bits per heavy atom. The van der Waals surface area contributed by atoms with E-state index in [4.69, 9.17) is 19.9 Å². The van der Waals surface area contributed by atoms with E-state index in [1.165, 1.54) is 7.11 Å². The molecular weight excluding hydrogens is 246 g/mol. The summed E-state index contributed by atoms with van der Waals surface area (Å²) < 4.78 is 15.2. The zero-order chi connectivity index (χ0) is 14.6. The van der Waals surface area contributed by atoms with Crippen LogP contribution in [-0.4, -0.2) is 27.3 Å². The molecule has 0 amide bonds. The highest BCUT2D eigenvalue weighted by atomic mass is 16.5. The van der Waals surface area contributed by atoms with Crippen molar-refractivity contribution in [1.82, 2.24) is 0 Å². The van der Waals surface area contributed by atoms with E-state index in [2.05, 4.69) is 0 Å². The van der Waals surface area contributed by atoms with Gasteiger partial charge in [-0.3, -0.25) is 4.79 Å². The summed E-state index contributed by atoms with van der Waals surface area (Å²) in [6.07, 6.45) is 0. The van der Waals surface area contributed by atoms with Crippen molar-refractivity contribution in [1.29, 1.82) is 0 Å². The molecule has 0 radical (unpaired) electrons. The van der Waals surface area contributed by atoms with E-state index in [1.807, 2.05) is 0 Å². The van der Waals surface area contributed by atoms with Crippen LogP contribution in [-0.2, 0) is 9.53 Å². The number of benzene rings is 1. The van der Waals surface area contributed by atoms with Crippen LogP contribution in [0.3, 0.4) is 0 Å². The highest BCUT2D eigenvalue weighted by molar-refractivity contribution is 5.77. The number of nitrogens with two attached hydrogens (primary N) is 1. The second kappa shape index (κ2) is 5.93.